The van der Waals surface area contributed by atoms with E-state index in [4.69, 9.17) is 5.10 Å². The van der Waals surface area contributed by atoms with Crippen molar-refractivity contribution in [3.63, 3.8) is 0 Å². The predicted octanol–water partition coefficient (Wildman–Crippen LogP) is 4.52. The third-order valence-electron chi connectivity index (χ3n) is 4.40. The van der Waals surface area contributed by atoms with Crippen LogP contribution in [0.25, 0.3) is 11.1 Å². The van der Waals surface area contributed by atoms with Gasteiger partial charge in [0.1, 0.15) is 0 Å². The number of aryl methyl sites for hydroxylation is 1. The lowest BCUT2D eigenvalue weighted by Gasteiger charge is -2.21. The van der Waals surface area contributed by atoms with E-state index >= 15 is 0 Å². The maximum atomic E-state index is 4.93. The Morgan fingerprint density at radius 2 is 1.90 bits per heavy atom. The molecule has 108 valence electrons. The van der Waals surface area contributed by atoms with Crippen molar-refractivity contribution >= 4 is 0 Å². The smallest absolute Gasteiger partial charge is 0.0728 e. The summed E-state index contributed by atoms with van der Waals surface area (Å²) in [6.07, 6.45) is 13.2. The van der Waals surface area contributed by atoms with E-state index in [1.165, 1.54) is 48.9 Å². The molecule has 1 aliphatic carbocycles. The summed E-state index contributed by atoms with van der Waals surface area (Å²) in [4.78, 5) is 0. The minimum absolute atomic E-state index is 0.468. The van der Waals surface area contributed by atoms with Gasteiger partial charge in [-0.05, 0) is 24.8 Å². The Morgan fingerprint density at radius 3 is 2.50 bits per heavy atom. The normalized spacial score (nSPS) is 17.0. The SMILES string of the molecule is CC(C)c1nn(C2CCCCC2)cc1-c1ccn(C)c1. The Balaban J connectivity index is 1.97. The van der Waals surface area contributed by atoms with Crippen LogP contribution in [-0.4, -0.2) is 14.3 Å². The first-order valence-corrected chi connectivity index (χ1v) is 7.86. The van der Waals surface area contributed by atoms with E-state index in [-0.39, 0.29) is 0 Å². The van der Waals surface area contributed by atoms with E-state index in [0.29, 0.717) is 12.0 Å². The van der Waals surface area contributed by atoms with Crippen LogP contribution in [0.15, 0.2) is 24.7 Å². The fourth-order valence-electron chi connectivity index (χ4n) is 3.25. The number of aromatic nitrogens is 3. The van der Waals surface area contributed by atoms with Crippen molar-refractivity contribution in [2.75, 3.05) is 0 Å². The van der Waals surface area contributed by atoms with Crippen LogP contribution in [0.2, 0.25) is 0 Å². The molecule has 3 nitrogen and oxygen atoms in total. The van der Waals surface area contributed by atoms with Crippen LogP contribution in [0.3, 0.4) is 0 Å². The molecule has 1 saturated carbocycles. The number of rotatable bonds is 3. The predicted molar refractivity (Wildman–Crippen MR) is 82.8 cm³/mol. The summed E-state index contributed by atoms with van der Waals surface area (Å²) in [5, 5.41) is 4.93. The fraction of sp³-hybridized carbons (Fsp3) is 0.588. The van der Waals surface area contributed by atoms with E-state index in [1.54, 1.807) is 0 Å². The second kappa shape index (κ2) is 5.47. The molecule has 2 aromatic heterocycles. The zero-order chi connectivity index (χ0) is 14.1. The first-order chi connectivity index (χ1) is 9.65. The van der Waals surface area contributed by atoms with Crippen molar-refractivity contribution in [3.8, 4) is 11.1 Å². The maximum Gasteiger partial charge on any atom is 0.0728 e. The molecule has 3 heteroatoms. The summed E-state index contributed by atoms with van der Waals surface area (Å²) in [5.41, 5.74) is 3.84. The van der Waals surface area contributed by atoms with Gasteiger partial charge < -0.3 is 4.57 Å². The highest BCUT2D eigenvalue weighted by molar-refractivity contribution is 5.65. The summed E-state index contributed by atoms with van der Waals surface area (Å²) in [7, 11) is 2.07. The van der Waals surface area contributed by atoms with Gasteiger partial charge in [-0.15, -0.1) is 0 Å². The third-order valence-corrected chi connectivity index (χ3v) is 4.40. The monoisotopic (exact) mass is 271 g/mol. The average molecular weight is 271 g/mol. The molecule has 0 amide bonds. The second-order valence-corrected chi connectivity index (χ2v) is 6.42. The van der Waals surface area contributed by atoms with Gasteiger partial charge in [-0.1, -0.05) is 33.1 Å². The molecule has 0 N–H and O–H groups in total. The van der Waals surface area contributed by atoms with Crippen molar-refractivity contribution < 1.29 is 0 Å². The lowest BCUT2D eigenvalue weighted by atomic mass is 9.96. The van der Waals surface area contributed by atoms with Crippen molar-refractivity contribution in [1.82, 2.24) is 14.3 Å². The molecular weight excluding hydrogens is 246 g/mol. The number of nitrogens with zero attached hydrogens (tertiary/aromatic N) is 3. The molecule has 0 unspecified atom stereocenters. The van der Waals surface area contributed by atoms with Crippen molar-refractivity contribution in [2.24, 2.45) is 7.05 Å². The lowest BCUT2D eigenvalue weighted by Crippen LogP contribution is -2.13. The minimum atomic E-state index is 0.468. The molecule has 2 heterocycles. The highest BCUT2D eigenvalue weighted by Gasteiger charge is 2.20. The van der Waals surface area contributed by atoms with Crippen LogP contribution in [0.1, 0.15) is 63.6 Å². The van der Waals surface area contributed by atoms with E-state index < -0.39 is 0 Å². The Hall–Kier alpha value is -1.51. The van der Waals surface area contributed by atoms with Gasteiger partial charge in [0.25, 0.3) is 0 Å². The van der Waals surface area contributed by atoms with Gasteiger partial charge in [0.05, 0.1) is 11.7 Å². The number of hydrogen-bond acceptors (Lipinski definition) is 1. The van der Waals surface area contributed by atoms with Crippen molar-refractivity contribution in [2.45, 2.75) is 57.9 Å². The fourth-order valence-corrected chi connectivity index (χ4v) is 3.25. The Bertz CT molecular complexity index is 571. The van der Waals surface area contributed by atoms with Crippen LogP contribution in [0.5, 0.6) is 0 Å². The highest BCUT2D eigenvalue weighted by atomic mass is 15.3. The zero-order valence-electron chi connectivity index (χ0n) is 12.8. The first kappa shape index (κ1) is 13.5. The molecule has 1 aliphatic rings. The largest absolute Gasteiger partial charge is 0.357 e. The molecule has 1 fully saturated rings. The third kappa shape index (κ3) is 2.54. The Labute approximate surface area is 121 Å². The van der Waals surface area contributed by atoms with E-state index in [2.05, 4.69) is 54.8 Å². The van der Waals surface area contributed by atoms with Gasteiger partial charge in [-0.2, -0.15) is 5.10 Å². The first-order valence-electron chi connectivity index (χ1n) is 7.86. The maximum absolute atomic E-state index is 4.93. The summed E-state index contributed by atoms with van der Waals surface area (Å²) < 4.78 is 4.36. The van der Waals surface area contributed by atoms with Crippen LogP contribution >= 0.6 is 0 Å². The topological polar surface area (TPSA) is 22.8 Å². The van der Waals surface area contributed by atoms with Gasteiger partial charge in [-0.25, -0.2) is 0 Å². The standard InChI is InChI=1S/C17H25N3/c1-13(2)17-16(14-9-10-19(3)11-14)12-20(18-17)15-7-5-4-6-8-15/h9-13,15H,4-8H2,1-3H3. The van der Waals surface area contributed by atoms with Gasteiger partial charge in [-0.3, -0.25) is 4.68 Å². The van der Waals surface area contributed by atoms with Gasteiger partial charge in [0, 0.05) is 36.8 Å². The van der Waals surface area contributed by atoms with Crippen molar-refractivity contribution in [3.05, 3.63) is 30.4 Å². The van der Waals surface area contributed by atoms with Crippen molar-refractivity contribution in [1.29, 1.82) is 0 Å². The summed E-state index contributed by atoms with van der Waals surface area (Å²) in [6.45, 7) is 4.47. The van der Waals surface area contributed by atoms with Gasteiger partial charge in [0.2, 0.25) is 0 Å². The average Bonchev–Trinajstić information content (AvgIpc) is 3.05. The van der Waals surface area contributed by atoms with Crippen LogP contribution in [0, 0.1) is 0 Å². The molecule has 0 bridgehead atoms. The molecule has 3 rings (SSSR count). The molecule has 0 spiro atoms. The molecule has 0 atom stereocenters. The van der Waals surface area contributed by atoms with E-state index in [9.17, 15) is 0 Å². The molecule has 2 aromatic rings. The number of hydrogen-bond donors (Lipinski definition) is 0. The molecule has 20 heavy (non-hydrogen) atoms. The molecular formula is C17H25N3. The molecule has 0 aliphatic heterocycles. The molecule has 0 aromatic carbocycles. The quantitative estimate of drug-likeness (QED) is 0.805. The summed E-state index contributed by atoms with van der Waals surface area (Å²) >= 11 is 0. The van der Waals surface area contributed by atoms with E-state index in [1.807, 2.05) is 0 Å². The zero-order valence-corrected chi connectivity index (χ0v) is 12.8. The van der Waals surface area contributed by atoms with Gasteiger partial charge >= 0.3 is 0 Å². The summed E-state index contributed by atoms with van der Waals surface area (Å²) in [5.74, 6) is 0.468. The highest BCUT2D eigenvalue weighted by Crippen LogP contribution is 2.33. The lowest BCUT2D eigenvalue weighted by molar-refractivity contribution is 0.327. The summed E-state index contributed by atoms with van der Waals surface area (Å²) in [6, 6.07) is 2.80. The van der Waals surface area contributed by atoms with Crippen LogP contribution < -0.4 is 0 Å². The Kier molecular flexibility index (Phi) is 3.68. The van der Waals surface area contributed by atoms with E-state index in [0.717, 1.165) is 0 Å². The van der Waals surface area contributed by atoms with Crippen LogP contribution in [-0.2, 0) is 7.05 Å². The minimum Gasteiger partial charge on any atom is -0.357 e. The van der Waals surface area contributed by atoms with Crippen LogP contribution in [0.4, 0.5) is 0 Å². The second-order valence-electron chi connectivity index (χ2n) is 6.42. The Morgan fingerprint density at radius 1 is 1.15 bits per heavy atom. The molecule has 0 radical (unpaired) electrons. The molecule has 0 saturated heterocycles. The van der Waals surface area contributed by atoms with Gasteiger partial charge in [0.15, 0.2) is 0 Å².